The Balaban J connectivity index is 2.16. The topological polar surface area (TPSA) is 58.6 Å². The molecule has 2 atom stereocenters. The first-order valence-electron chi connectivity index (χ1n) is 5.95. The molecule has 1 aromatic carbocycles. The summed E-state index contributed by atoms with van der Waals surface area (Å²) >= 11 is 3.36. The minimum Gasteiger partial charge on any atom is -0.478 e. The van der Waals surface area contributed by atoms with E-state index in [9.17, 15) is 4.79 Å². The maximum Gasteiger partial charge on any atom is 0.337 e. The van der Waals surface area contributed by atoms with E-state index in [0.29, 0.717) is 17.2 Å². The number of carboxylic acids is 1. The number of rotatable bonds is 4. The van der Waals surface area contributed by atoms with E-state index in [1.807, 2.05) is 0 Å². The lowest BCUT2D eigenvalue weighted by Gasteiger charge is -2.21. The van der Waals surface area contributed by atoms with Gasteiger partial charge in [0.05, 0.1) is 17.9 Å². The van der Waals surface area contributed by atoms with Crippen LogP contribution >= 0.6 is 15.9 Å². The van der Waals surface area contributed by atoms with Crippen molar-refractivity contribution in [3.8, 4) is 0 Å². The zero-order valence-corrected chi connectivity index (χ0v) is 11.7. The molecule has 1 aromatic rings. The predicted molar refractivity (Wildman–Crippen MR) is 73.1 cm³/mol. The molecule has 2 rings (SSSR count). The van der Waals surface area contributed by atoms with Gasteiger partial charge in [0.2, 0.25) is 0 Å². The van der Waals surface area contributed by atoms with Gasteiger partial charge in [0, 0.05) is 23.0 Å². The normalized spacial score (nSPS) is 20.7. The van der Waals surface area contributed by atoms with Crippen molar-refractivity contribution in [1.82, 2.24) is 0 Å². The first kappa shape index (κ1) is 13.4. The Morgan fingerprint density at radius 1 is 1.61 bits per heavy atom. The highest BCUT2D eigenvalue weighted by Crippen LogP contribution is 2.25. The van der Waals surface area contributed by atoms with E-state index < -0.39 is 5.97 Å². The molecule has 1 heterocycles. The van der Waals surface area contributed by atoms with Crippen molar-refractivity contribution >= 4 is 27.6 Å². The number of carbonyl (C=O) groups is 1. The van der Waals surface area contributed by atoms with Gasteiger partial charge in [0.1, 0.15) is 0 Å². The Morgan fingerprint density at radius 2 is 2.39 bits per heavy atom. The molecule has 1 saturated heterocycles. The summed E-state index contributed by atoms with van der Waals surface area (Å²) in [5, 5.41) is 12.4. The summed E-state index contributed by atoms with van der Waals surface area (Å²) in [5.74, 6) is -0.481. The number of nitrogens with one attached hydrogen (secondary N) is 1. The molecule has 0 amide bonds. The zero-order chi connectivity index (χ0) is 13.1. The second kappa shape index (κ2) is 5.71. The zero-order valence-electron chi connectivity index (χ0n) is 10.1. The van der Waals surface area contributed by atoms with Gasteiger partial charge in [-0.1, -0.05) is 15.9 Å². The SMILES string of the molecule is CC(Nc1cc(Br)ccc1C(=O)O)C1CCOC1. The van der Waals surface area contributed by atoms with E-state index in [1.165, 1.54) is 0 Å². The Labute approximate surface area is 114 Å². The van der Waals surface area contributed by atoms with E-state index in [2.05, 4.69) is 28.2 Å². The lowest BCUT2D eigenvalue weighted by molar-refractivity contribution is 0.0698. The molecule has 0 bridgehead atoms. The molecule has 0 aromatic heterocycles. The lowest BCUT2D eigenvalue weighted by Crippen LogP contribution is -2.27. The highest BCUT2D eigenvalue weighted by molar-refractivity contribution is 9.10. The fourth-order valence-corrected chi connectivity index (χ4v) is 2.49. The first-order chi connectivity index (χ1) is 8.58. The minimum absolute atomic E-state index is 0.194. The lowest BCUT2D eigenvalue weighted by atomic mass is 10.00. The number of hydrogen-bond donors (Lipinski definition) is 2. The Morgan fingerprint density at radius 3 is 3.00 bits per heavy atom. The number of ether oxygens (including phenoxy) is 1. The molecule has 98 valence electrons. The average molecular weight is 314 g/mol. The van der Waals surface area contributed by atoms with Gasteiger partial charge in [-0.05, 0) is 31.5 Å². The number of anilines is 1. The summed E-state index contributed by atoms with van der Waals surface area (Å²) in [4.78, 5) is 11.2. The van der Waals surface area contributed by atoms with E-state index in [4.69, 9.17) is 9.84 Å². The van der Waals surface area contributed by atoms with Gasteiger partial charge in [-0.2, -0.15) is 0 Å². The Hall–Kier alpha value is -1.07. The van der Waals surface area contributed by atoms with Crippen LogP contribution in [0.15, 0.2) is 22.7 Å². The van der Waals surface area contributed by atoms with Crippen LogP contribution in [0.5, 0.6) is 0 Å². The third kappa shape index (κ3) is 3.03. The molecule has 4 nitrogen and oxygen atoms in total. The van der Waals surface area contributed by atoms with E-state index >= 15 is 0 Å². The number of aromatic carboxylic acids is 1. The number of benzene rings is 1. The smallest absolute Gasteiger partial charge is 0.337 e. The number of halogens is 1. The van der Waals surface area contributed by atoms with Crippen molar-refractivity contribution in [2.75, 3.05) is 18.5 Å². The summed E-state index contributed by atoms with van der Waals surface area (Å²) in [5.41, 5.74) is 0.945. The van der Waals surface area contributed by atoms with Crippen molar-refractivity contribution < 1.29 is 14.6 Å². The van der Waals surface area contributed by atoms with Gasteiger partial charge >= 0.3 is 5.97 Å². The molecular formula is C13H16BrNO3. The summed E-state index contributed by atoms with van der Waals surface area (Å²) in [7, 11) is 0. The van der Waals surface area contributed by atoms with Gasteiger partial charge in [-0.25, -0.2) is 4.79 Å². The molecular weight excluding hydrogens is 298 g/mol. The third-order valence-corrected chi connectivity index (χ3v) is 3.76. The van der Waals surface area contributed by atoms with Gasteiger partial charge in [-0.3, -0.25) is 0 Å². The predicted octanol–water partition coefficient (Wildman–Crippen LogP) is 2.98. The van der Waals surface area contributed by atoms with Crippen LogP contribution in [0.4, 0.5) is 5.69 Å². The molecule has 2 N–H and O–H groups in total. The second-order valence-corrected chi connectivity index (χ2v) is 5.47. The van der Waals surface area contributed by atoms with Crippen LogP contribution in [0.1, 0.15) is 23.7 Å². The van der Waals surface area contributed by atoms with Crippen LogP contribution < -0.4 is 5.32 Å². The fourth-order valence-electron chi connectivity index (χ4n) is 2.13. The molecule has 0 aliphatic carbocycles. The Kier molecular flexibility index (Phi) is 4.24. The Bertz CT molecular complexity index is 444. The quantitative estimate of drug-likeness (QED) is 0.897. The maximum absolute atomic E-state index is 11.2. The molecule has 18 heavy (non-hydrogen) atoms. The van der Waals surface area contributed by atoms with Crippen LogP contribution in [0, 0.1) is 5.92 Å². The van der Waals surface area contributed by atoms with Gasteiger partial charge < -0.3 is 15.2 Å². The van der Waals surface area contributed by atoms with Crippen molar-refractivity contribution in [3.63, 3.8) is 0 Å². The van der Waals surface area contributed by atoms with Crippen LogP contribution in [-0.2, 0) is 4.74 Å². The molecule has 0 radical (unpaired) electrons. The second-order valence-electron chi connectivity index (χ2n) is 4.55. The maximum atomic E-state index is 11.2. The molecule has 0 spiro atoms. The van der Waals surface area contributed by atoms with Crippen molar-refractivity contribution in [3.05, 3.63) is 28.2 Å². The minimum atomic E-state index is -0.917. The summed E-state index contributed by atoms with van der Waals surface area (Å²) < 4.78 is 6.22. The van der Waals surface area contributed by atoms with Crippen LogP contribution in [0.2, 0.25) is 0 Å². The third-order valence-electron chi connectivity index (χ3n) is 3.27. The molecule has 1 fully saturated rings. The average Bonchev–Trinajstić information content (AvgIpc) is 2.81. The highest BCUT2D eigenvalue weighted by Gasteiger charge is 2.23. The van der Waals surface area contributed by atoms with Crippen molar-refractivity contribution in [1.29, 1.82) is 0 Å². The first-order valence-corrected chi connectivity index (χ1v) is 6.74. The standard InChI is InChI=1S/C13H16BrNO3/c1-8(9-4-5-18-7-9)15-12-6-10(14)2-3-11(12)13(16)17/h2-3,6,8-9,15H,4-5,7H2,1H3,(H,16,17). The molecule has 2 unspecified atom stereocenters. The van der Waals surface area contributed by atoms with Crippen molar-refractivity contribution in [2.24, 2.45) is 5.92 Å². The number of hydrogen-bond acceptors (Lipinski definition) is 3. The monoisotopic (exact) mass is 313 g/mol. The highest BCUT2D eigenvalue weighted by atomic mass is 79.9. The summed E-state index contributed by atoms with van der Waals surface area (Å²) in [6, 6.07) is 5.33. The van der Waals surface area contributed by atoms with Crippen LogP contribution in [0.3, 0.4) is 0 Å². The molecule has 5 heteroatoms. The van der Waals surface area contributed by atoms with E-state index in [1.54, 1.807) is 18.2 Å². The summed E-state index contributed by atoms with van der Waals surface area (Å²) in [6.07, 6.45) is 1.02. The molecule has 1 aliphatic heterocycles. The fraction of sp³-hybridized carbons (Fsp3) is 0.462. The van der Waals surface area contributed by atoms with E-state index in [0.717, 1.165) is 24.1 Å². The van der Waals surface area contributed by atoms with E-state index in [-0.39, 0.29) is 6.04 Å². The number of carboxylic acid groups (broad SMARTS) is 1. The van der Waals surface area contributed by atoms with Gasteiger partial charge in [-0.15, -0.1) is 0 Å². The van der Waals surface area contributed by atoms with Crippen LogP contribution in [-0.4, -0.2) is 30.3 Å². The van der Waals surface area contributed by atoms with Gasteiger partial charge in [0.25, 0.3) is 0 Å². The van der Waals surface area contributed by atoms with Gasteiger partial charge in [0.15, 0.2) is 0 Å². The summed E-state index contributed by atoms with van der Waals surface area (Å²) in [6.45, 7) is 3.59. The molecule has 0 saturated carbocycles. The van der Waals surface area contributed by atoms with Crippen LogP contribution in [0.25, 0.3) is 0 Å². The largest absolute Gasteiger partial charge is 0.478 e. The molecule has 1 aliphatic rings. The van der Waals surface area contributed by atoms with Crippen molar-refractivity contribution in [2.45, 2.75) is 19.4 Å².